The Labute approximate surface area is 110 Å². The van der Waals surface area contributed by atoms with E-state index >= 15 is 0 Å². The number of hydrogen-bond donors (Lipinski definition) is 0. The van der Waals surface area contributed by atoms with Crippen molar-refractivity contribution in [2.75, 3.05) is 0 Å². The van der Waals surface area contributed by atoms with Crippen LogP contribution in [0.3, 0.4) is 0 Å². The number of rotatable bonds is 10. The standard InChI is InChI=1S/C14H26O4/c1-4-7-8-11-14(17-12(15)9-5-2)18-13(16)10-6-3/h14H,4-11H2,1-3H3. The first kappa shape index (κ1) is 16.9. The highest BCUT2D eigenvalue weighted by Gasteiger charge is 2.17. The molecule has 0 saturated heterocycles. The van der Waals surface area contributed by atoms with Gasteiger partial charge in [0.1, 0.15) is 0 Å². The second-order valence-electron chi connectivity index (χ2n) is 4.41. The monoisotopic (exact) mass is 258 g/mol. The summed E-state index contributed by atoms with van der Waals surface area (Å²) >= 11 is 0. The lowest BCUT2D eigenvalue weighted by Crippen LogP contribution is -2.24. The molecule has 106 valence electrons. The molecule has 0 aliphatic heterocycles. The maximum atomic E-state index is 11.4. The smallest absolute Gasteiger partial charge is 0.308 e. The predicted molar refractivity (Wildman–Crippen MR) is 69.9 cm³/mol. The van der Waals surface area contributed by atoms with Crippen molar-refractivity contribution in [1.82, 2.24) is 0 Å². The number of ether oxygens (including phenoxy) is 2. The van der Waals surface area contributed by atoms with Crippen molar-refractivity contribution in [2.45, 2.75) is 78.4 Å². The minimum absolute atomic E-state index is 0.289. The molecule has 0 saturated carbocycles. The van der Waals surface area contributed by atoms with E-state index < -0.39 is 6.29 Å². The normalized spacial score (nSPS) is 10.4. The topological polar surface area (TPSA) is 52.6 Å². The highest BCUT2D eigenvalue weighted by molar-refractivity contribution is 5.71. The van der Waals surface area contributed by atoms with Gasteiger partial charge in [-0.15, -0.1) is 0 Å². The van der Waals surface area contributed by atoms with Gasteiger partial charge in [-0.05, 0) is 19.3 Å². The first-order chi connectivity index (χ1) is 8.63. The summed E-state index contributed by atoms with van der Waals surface area (Å²) in [7, 11) is 0. The van der Waals surface area contributed by atoms with Crippen molar-refractivity contribution in [1.29, 1.82) is 0 Å². The predicted octanol–water partition coefficient (Wildman–Crippen LogP) is 3.58. The number of esters is 2. The maximum Gasteiger partial charge on any atom is 0.308 e. The Bertz CT molecular complexity index is 218. The van der Waals surface area contributed by atoms with Gasteiger partial charge in [-0.3, -0.25) is 9.59 Å². The van der Waals surface area contributed by atoms with Crippen molar-refractivity contribution in [2.24, 2.45) is 0 Å². The fourth-order valence-corrected chi connectivity index (χ4v) is 1.52. The van der Waals surface area contributed by atoms with Crippen molar-refractivity contribution in [3.63, 3.8) is 0 Å². The zero-order chi connectivity index (χ0) is 13.8. The van der Waals surface area contributed by atoms with Gasteiger partial charge in [0.05, 0.1) is 0 Å². The Morgan fingerprint density at radius 2 is 1.33 bits per heavy atom. The maximum absolute atomic E-state index is 11.4. The van der Waals surface area contributed by atoms with Crippen LogP contribution < -0.4 is 0 Å². The van der Waals surface area contributed by atoms with Gasteiger partial charge in [0.15, 0.2) is 0 Å². The van der Waals surface area contributed by atoms with Crippen LogP contribution in [0.5, 0.6) is 0 Å². The van der Waals surface area contributed by atoms with E-state index in [1.54, 1.807) is 0 Å². The molecule has 0 aliphatic carbocycles. The van der Waals surface area contributed by atoms with Gasteiger partial charge in [0.2, 0.25) is 6.29 Å². The first-order valence-corrected chi connectivity index (χ1v) is 7.02. The van der Waals surface area contributed by atoms with Crippen LogP contribution in [-0.4, -0.2) is 18.2 Å². The van der Waals surface area contributed by atoms with Crippen molar-refractivity contribution >= 4 is 11.9 Å². The van der Waals surface area contributed by atoms with Crippen LogP contribution >= 0.6 is 0 Å². The zero-order valence-corrected chi connectivity index (χ0v) is 11.9. The molecule has 4 heteroatoms. The Hall–Kier alpha value is -1.06. The summed E-state index contributed by atoms with van der Waals surface area (Å²) in [4.78, 5) is 22.8. The summed E-state index contributed by atoms with van der Waals surface area (Å²) in [5.74, 6) is -0.577. The van der Waals surface area contributed by atoms with E-state index in [1.807, 2.05) is 13.8 Å². The van der Waals surface area contributed by atoms with Crippen LogP contribution in [0.25, 0.3) is 0 Å². The van der Waals surface area contributed by atoms with Crippen molar-refractivity contribution in [3.8, 4) is 0 Å². The number of carbonyl (C=O) groups is 2. The average molecular weight is 258 g/mol. The molecule has 0 unspecified atom stereocenters. The Balaban J connectivity index is 4.14. The quantitative estimate of drug-likeness (QED) is 0.341. The van der Waals surface area contributed by atoms with E-state index in [0.29, 0.717) is 19.3 Å². The lowest BCUT2D eigenvalue weighted by molar-refractivity contribution is -0.189. The Kier molecular flexibility index (Phi) is 10.4. The van der Waals surface area contributed by atoms with E-state index in [0.717, 1.165) is 32.1 Å². The first-order valence-electron chi connectivity index (χ1n) is 7.02. The molecule has 0 aromatic carbocycles. The van der Waals surface area contributed by atoms with Gasteiger partial charge in [-0.2, -0.15) is 0 Å². The second-order valence-corrected chi connectivity index (χ2v) is 4.41. The molecule has 0 aliphatic rings. The summed E-state index contributed by atoms with van der Waals surface area (Å²) in [6, 6.07) is 0. The van der Waals surface area contributed by atoms with E-state index in [2.05, 4.69) is 6.92 Å². The van der Waals surface area contributed by atoms with Crippen LogP contribution in [-0.2, 0) is 19.1 Å². The minimum atomic E-state index is -0.699. The molecule has 0 heterocycles. The molecule has 0 fully saturated rings. The molecule has 0 atom stereocenters. The molecular weight excluding hydrogens is 232 g/mol. The number of carbonyl (C=O) groups excluding carboxylic acids is 2. The van der Waals surface area contributed by atoms with Crippen LogP contribution in [0, 0.1) is 0 Å². The lowest BCUT2D eigenvalue weighted by atomic mass is 10.2. The van der Waals surface area contributed by atoms with Crippen molar-refractivity contribution < 1.29 is 19.1 Å². The van der Waals surface area contributed by atoms with Crippen LogP contribution in [0.1, 0.15) is 72.1 Å². The van der Waals surface area contributed by atoms with Gasteiger partial charge < -0.3 is 9.47 Å². The SMILES string of the molecule is CCCCCC(OC(=O)CCC)OC(=O)CCC. The summed E-state index contributed by atoms with van der Waals surface area (Å²) in [6.07, 6.45) is 5.15. The van der Waals surface area contributed by atoms with Gasteiger partial charge in [0.25, 0.3) is 0 Å². The van der Waals surface area contributed by atoms with Gasteiger partial charge in [-0.1, -0.05) is 33.6 Å². The lowest BCUT2D eigenvalue weighted by Gasteiger charge is -2.18. The highest BCUT2D eigenvalue weighted by Crippen LogP contribution is 2.11. The average Bonchev–Trinajstić information content (AvgIpc) is 2.29. The molecule has 0 N–H and O–H groups in total. The van der Waals surface area contributed by atoms with E-state index in [9.17, 15) is 9.59 Å². The summed E-state index contributed by atoms with van der Waals surface area (Å²) in [5.41, 5.74) is 0. The van der Waals surface area contributed by atoms with Crippen LogP contribution in [0.2, 0.25) is 0 Å². The third-order valence-corrected chi connectivity index (χ3v) is 2.48. The molecule has 0 radical (unpaired) electrons. The second kappa shape index (κ2) is 11.1. The summed E-state index contributed by atoms with van der Waals surface area (Å²) < 4.78 is 10.3. The van der Waals surface area contributed by atoms with Crippen LogP contribution in [0.4, 0.5) is 0 Å². The van der Waals surface area contributed by atoms with E-state index in [-0.39, 0.29) is 11.9 Å². The van der Waals surface area contributed by atoms with Gasteiger partial charge in [0, 0.05) is 19.3 Å². The highest BCUT2D eigenvalue weighted by atomic mass is 16.7. The summed E-state index contributed by atoms with van der Waals surface area (Å²) in [5, 5.41) is 0. The van der Waals surface area contributed by atoms with Gasteiger partial charge >= 0.3 is 11.9 Å². The zero-order valence-electron chi connectivity index (χ0n) is 11.9. The largest absolute Gasteiger partial charge is 0.425 e. The summed E-state index contributed by atoms with van der Waals surface area (Å²) in [6.45, 7) is 5.92. The third-order valence-electron chi connectivity index (χ3n) is 2.48. The molecular formula is C14H26O4. The van der Waals surface area contributed by atoms with E-state index in [1.165, 1.54) is 0 Å². The number of hydrogen-bond acceptors (Lipinski definition) is 4. The molecule has 0 rings (SSSR count). The molecule has 0 bridgehead atoms. The Morgan fingerprint density at radius 1 is 0.833 bits per heavy atom. The van der Waals surface area contributed by atoms with Crippen molar-refractivity contribution in [3.05, 3.63) is 0 Å². The molecule has 4 nitrogen and oxygen atoms in total. The molecule has 18 heavy (non-hydrogen) atoms. The number of unbranched alkanes of at least 4 members (excludes halogenated alkanes) is 2. The van der Waals surface area contributed by atoms with Crippen LogP contribution in [0.15, 0.2) is 0 Å². The molecule has 0 aromatic heterocycles. The molecule has 0 spiro atoms. The van der Waals surface area contributed by atoms with Gasteiger partial charge in [-0.25, -0.2) is 0 Å². The molecule has 0 amide bonds. The Morgan fingerprint density at radius 3 is 1.72 bits per heavy atom. The fourth-order valence-electron chi connectivity index (χ4n) is 1.52. The minimum Gasteiger partial charge on any atom is -0.425 e. The fraction of sp³-hybridized carbons (Fsp3) is 0.857. The molecule has 0 aromatic rings. The third kappa shape index (κ3) is 9.02. The van der Waals surface area contributed by atoms with E-state index in [4.69, 9.17) is 9.47 Å².